The predicted molar refractivity (Wildman–Crippen MR) is 72.8 cm³/mol. The molecule has 4 heteroatoms. The van der Waals surface area contributed by atoms with Crippen LogP contribution in [0.1, 0.15) is 36.1 Å². The molecule has 1 heterocycles. The van der Waals surface area contributed by atoms with Gasteiger partial charge in [0.2, 0.25) is 0 Å². The summed E-state index contributed by atoms with van der Waals surface area (Å²) in [7, 11) is 1.90. The van der Waals surface area contributed by atoms with E-state index in [1.165, 1.54) is 12.0 Å². The van der Waals surface area contributed by atoms with Crippen LogP contribution in [-0.4, -0.2) is 9.78 Å². The lowest BCUT2D eigenvalue weighted by molar-refractivity contribution is 0.635. The maximum Gasteiger partial charge on any atom is 0.0740 e. The second kappa shape index (κ2) is 5.80. The maximum absolute atomic E-state index is 5.66. The molecule has 0 amide bonds. The Morgan fingerprint density at radius 2 is 2.00 bits per heavy atom. The minimum atomic E-state index is -0.00521. The van der Waals surface area contributed by atoms with Crippen molar-refractivity contribution >= 4 is 0 Å². The number of hydrogen-bond acceptors (Lipinski definition) is 3. The van der Waals surface area contributed by atoms with Crippen molar-refractivity contribution in [2.75, 3.05) is 0 Å². The largest absolute Gasteiger partial charge is 0.275 e. The van der Waals surface area contributed by atoms with Crippen molar-refractivity contribution < 1.29 is 0 Å². The van der Waals surface area contributed by atoms with Crippen LogP contribution >= 0.6 is 0 Å². The van der Waals surface area contributed by atoms with Crippen LogP contribution in [0.2, 0.25) is 0 Å². The molecule has 18 heavy (non-hydrogen) atoms. The first-order valence-electron chi connectivity index (χ1n) is 6.28. The average Bonchev–Trinajstić information content (AvgIpc) is 2.79. The monoisotopic (exact) mass is 244 g/mol. The molecule has 1 aromatic carbocycles. The number of nitrogens with two attached hydrogens (primary N) is 1. The Kier molecular flexibility index (Phi) is 4.12. The molecule has 0 aliphatic rings. The van der Waals surface area contributed by atoms with Gasteiger partial charge in [-0.25, -0.2) is 5.43 Å². The molecule has 0 spiro atoms. The van der Waals surface area contributed by atoms with Crippen LogP contribution in [0.5, 0.6) is 0 Å². The molecule has 0 bridgehead atoms. The highest BCUT2D eigenvalue weighted by Gasteiger charge is 2.13. The quantitative estimate of drug-likeness (QED) is 0.624. The van der Waals surface area contributed by atoms with Crippen molar-refractivity contribution in [2.24, 2.45) is 12.9 Å². The van der Waals surface area contributed by atoms with E-state index in [4.69, 9.17) is 5.84 Å². The molecular formula is C14H20N4. The predicted octanol–water partition coefficient (Wildman–Crippen LogP) is 1.93. The lowest BCUT2D eigenvalue weighted by atomic mass is 10.00. The molecule has 0 aliphatic carbocycles. The number of hydrogen-bond donors (Lipinski definition) is 2. The SMILES string of the molecule is CCCc1ccc(C(NN)c2cnn(C)c2)cc1. The zero-order valence-corrected chi connectivity index (χ0v) is 10.9. The van der Waals surface area contributed by atoms with E-state index < -0.39 is 0 Å². The molecule has 2 rings (SSSR count). The van der Waals surface area contributed by atoms with Gasteiger partial charge < -0.3 is 0 Å². The van der Waals surface area contributed by atoms with Gasteiger partial charge in [-0.1, -0.05) is 37.6 Å². The number of benzene rings is 1. The molecule has 0 saturated heterocycles. The van der Waals surface area contributed by atoms with Gasteiger partial charge >= 0.3 is 0 Å². The number of rotatable bonds is 5. The van der Waals surface area contributed by atoms with Gasteiger partial charge in [0.15, 0.2) is 0 Å². The topological polar surface area (TPSA) is 55.9 Å². The van der Waals surface area contributed by atoms with Crippen molar-refractivity contribution in [2.45, 2.75) is 25.8 Å². The Morgan fingerprint density at radius 3 is 2.50 bits per heavy atom. The van der Waals surface area contributed by atoms with Gasteiger partial charge in [-0.15, -0.1) is 0 Å². The van der Waals surface area contributed by atoms with Crippen molar-refractivity contribution in [1.29, 1.82) is 0 Å². The zero-order valence-electron chi connectivity index (χ0n) is 10.9. The summed E-state index contributed by atoms with van der Waals surface area (Å²) in [6, 6.07) is 8.58. The zero-order chi connectivity index (χ0) is 13.0. The molecule has 1 aromatic heterocycles. The molecule has 3 N–H and O–H groups in total. The van der Waals surface area contributed by atoms with E-state index in [-0.39, 0.29) is 6.04 Å². The number of hydrazine groups is 1. The molecule has 0 radical (unpaired) electrons. The molecule has 4 nitrogen and oxygen atoms in total. The van der Waals surface area contributed by atoms with Crippen molar-refractivity contribution in [1.82, 2.24) is 15.2 Å². The van der Waals surface area contributed by atoms with E-state index >= 15 is 0 Å². The highest BCUT2D eigenvalue weighted by atomic mass is 15.3. The summed E-state index contributed by atoms with van der Waals surface area (Å²) in [4.78, 5) is 0. The van der Waals surface area contributed by atoms with E-state index in [0.717, 1.165) is 17.5 Å². The van der Waals surface area contributed by atoms with Crippen LogP contribution in [0.25, 0.3) is 0 Å². The number of aromatic nitrogens is 2. The van der Waals surface area contributed by atoms with Crippen molar-refractivity contribution in [3.63, 3.8) is 0 Å². The minimum Gasteiger partial charge on any atom is -0.275 e. The summed E-state index contributed by atoms with van der Waals surface area (Å²) in [6.45, 7) is 2.19. The van der Waals surface area contributed by atoms with Gasteiger partial charge in [0.05, 0.1) is 12.2 Å². The fourth-order valence-electron chi connectivity index (χ4n) is 2.14. The van der Waals surface area contributed by atoms with Gasteiger partial charge in [-0.2, -0.15) is 5.10 Å². The summed E-state index contributed by atoms with van der Waals surface area (Å²) in [5.41, 5.74) is 6.44. The Labute approximate surface area is 108 Å². The first-order chi connectivity index (χ1) is 8.74. The van der Waals surface area contributed by atoms with E-state index in [2.05, 4.69) is 41.7 Å². The normalized spacial score (nSPS) is 12.6. The van der Waals surface area contributed by atoms with Gasteiger partial charge in [0.1, 0.15) is 0 Å². The van der Waals surface area contributed by atoms with E-state index in [1.807, 2.05) is 19.4 Å². The molecule has 0 aliphatic heterocycles. The molecule has 1 unspecified atom stereocenters. The van der Waals surface area contributed by atoms with Crippen molar-refractivity contribution in [3.05, 3.63) is 53.3 Å². The standard InChI is InChI=1S/C14H20N4/c1-3-4-11-5-7-12(8-6-11)14(17-15)13-9-16-18(2)10-13/h5-10,14,17H,3-4,15H2,1-2H3. The first kappa shape index (κ1) is 12.8. The number of nitrogens with zero attached hydrogens (tertiary/aromatic N) is 2. The van der Waals surface area contributed by atoms with Crippen LogP contribution in [0.4, 0.5) is 0 Å². The maximum atomic E-state index is 5.66. The second-order valence-corrected chi connectivity index (χ2v) is 4.54. The molecule has 0 fully saturated rings. The molecule has 0 saturated carbocycles. The van der Waals surface area contributed by atoms with Gasteiger partial charge in [-0.3, -0.25) is 10.5 Å². The second-order valence-electron chi connectivity index (χ2n) is 4.54. The van der Waals surface area contributed by atoms with Crippen LogP contribution < -0.4 is 11.3 Å². The first-order valence-corrected chi connectivity index (χ1v) is 6.28. The van der Waals surface area contributed by atoms with Crippen LogP contribution in [0, 0.1) is 0 Å². The number of nitrogens with one attached hydrogen (secondary N) is 1. The molecule has 2 aromatic rings. The van der Waals surface area contributed by atoms with Crippen LogP contribution in [0.3, 0.4) is 0 Å². The smallest absolute Gasteiger partial charge is 0.0740 e. The average molecular weight is 244 g/mol. The third-order valence-electron chi connectivity index (χ3n) is 3.08. The van der Waals surface area contributed by atoms with E-state index in [1.54, 1.807) is 4.68 Å². The Bertz CT molecular complexity index is 487. The fraction of sp³-hybridized carbons (Fsp3) is 0.357. The van der Waals surface area contributed by atoms with E-state index in [9.17, 15) is 0 Å². The fourth-order valence-corrected chi connectivity index (χ4v) is 2.14. The van der Waals surface area contributed by atoms with Crippen LogP contribution in [-0.2, 0) is 13.5 Å². The number of aryl methyl sites for hydroxylation is 2. The molecule has 1 atom stereocenters. The summed E-state index contributed by atoms with van der Waals surface area (Å²) in [6.07, 6.45) is 6.10. The Morgan fingerprint density at radius 1 is 1.28 bits per heavy atom. The Hall–Kier alpha value is -1.65. The highest BCUT2D eigenvalue weighted by molar-refractivity contribution is 5.31. The van der Waals surface area contributed by atoms with Crippen molar-refractivity contribution in [3.8, 4) is 0 Å². The minimum absolute atomic E-state index is 0.00521. The third kappa shape index (κ3) is 2.78. The van der Waals surface area contributed by atoms with E-state index in [0.29, 0.717) is 0 Å². The lowest BCUT2D eigenvalue weighted by Crippen LogP contribution is -2.28. The Balaban J connectivity index is 2.22. The third-order valence-corrected chi connectivity index (χ3v) is 3.08. The van der Waals surface area contributed by atoms with Gasteiger partial charge in [-0.05, 0) is 17.5 Å². The summed E-state index contributed by atoms with van der Waals surface area (Å²) in [5.74, 6) is 5.66. The summed E-state index contributed by atoms with van der Waals surface area (Å²) >= 11 is 0. The van der Waals surface area contributed by atoms with Gasteiger partial charge in [0.25, 0.3) is 0 Å². The highest BCUT2D eigenvalue weighted by Crippen LogP contribution is 2.21. The summed E-state index contributed by atoms with van der Waals surface area (Å²) in [5, 5.41) is 4.18. The van der Waals surface area contributed by atoms with Crippen LogP contribution in [0.15, 0.2) is 36.7 Å². The molecule has 96 valence electrons. The van der Waals surface area contributed by atoms with Gasteiger partial charge in [0, 0.05) is 18.8 Å². The lowest BCUT2D eigenvalue weighted by Gasteiger charge is -2.15. The summed E-state index contributed by atoms with van der Waals surface area (Å²) < 4.78 is 1.78. The molecular weight excluding hydrogens is 224 g/mol.